The van der Waals surface area contributed by atoms with Gasteiger partial charge in [0.1, 0.15) is 13.2 Å². The van der Waals surface area contributed by atoms with Crippen LogP contribution in [0.5, 0.6) is 0 Å². The van der Waals surface area contributed by atoms with E-state index in [1.165, 1.54) is 25.7 Å². The van der Waals surface area contributed by atoms with Gasteiger partial charge in [0.05, 0.1) is 6.42 Å². The van der Waals surface area contributed by atoms with Crippen molar-refractivity contribution in [2.75, 3.05) is 13.2 Å². The van der Waals surface area contributed by atoms with Gasteiger partial charge in [-0.3, -0.25) is 14.4 Å². The summed E-state index contributed by atoms with van der Waals surface area (Å²) in [5, 5.41) is 0. The summed E-state index contributed by atoms with van der Waals surface area (Å²) in [7, 11) is 0. The van der Waals surface area contributed by atoms with E-state index in [-0.39, 0.29) is 44.4 Å². The van der Waals surface area contributed by atoms with Crippen molar-refractivity contribution in [3.8, 4) is 0 Å². The number of rotatable bonds is 33. The second-order valence-electron chi connectivity index (χ2n) is 12.6. The third-order valence-corrected chi connectivity index (χ3v) is 7.63. The van der Waals surface area contributed by atoms with Crippen LogP contribution in [-0.2, 0) is 28.6 Å². The molecule has 0 spiro atoms. The van der Waals surface area contributed by atoms with Gasteiger partial charge >= 0.3 is 17.9 Å². The molecule has 0 radical (unpaired) electrons. The first-order chi connectivity index (χ1) is 26.0. The van der Waals surface area contributed by atoms with Gasteiger partial charge < -0.3 is 14.2 Å². The van der Waals surface area contributed by atoms with E-state index in [0.717, 1.165) is 57.8 Å². The van der Waals surface area contributed by atoms with Crippen LogP contribution in [0.1, 0.15) is 136 Å². The second-order valence-corrected chi connectivity index (χ2v) is 12.6. The molecule has 0 saturated carbocycles. The molecular formula is C47H70O6. The van der Waals surface area contributed by atoms with Crippen molar-refractivity contribution in [2.24, 2.45) is 0 Å². The first kappa shape index (κ1) is 48.8. The molecule has 0 aromatic heterocycles. The van der Waals surface area contributed by atoms with Crippen LogP contribution in [0, 0.1) is 0 Å². The number of ether oxygens (including phenoxy) is 3. The molecule has 53 heavy (non-hydrogen) atoms. The summed E-state index contributed by atoms with van der Waals surface area (Å²) >= 11 is 0. The zero-order valence-electron chi connectivity index (χ0n) is 33.2. The summed E-state index contributed by atoms with van der Waals surface area (Å²) in [6.45, 7) is 6.12. The Kier molecular flexibility index (Phi) is 37.4. The Morgan fingerprint density at radius 2 is 0.906 bits per heavy atom. The number of esters is 3. The molecule has 294 valence electrons. The average molecular weight is 731 g/mol. The summed E-state index contributed by atoms with van der Waals surface area (Å²) in [5.74, 6) is -1.17. The standard InChI is InChI=1S/C47H70O6/c1-4-7-10-13-16-19-20-21-22-23-24-25-26-29-31-34-37-40-46(49)52-43-44(53-47(50)41-38-35-32-28-18-15-12-9-6-3)42-51-45(48)39-36-33-30-27-17-14-11-8-5-2/h7,9-10,12-13,16,18-28,30,35,38,44H,4-6,8,11,14-15,17,29,31-34,36-37,39-43H2,1-3H3/b10-7-,12-9-,16-13-,20-19-,22-21-,24-23+,26-25-,28-18-,30-27-,38-35-. The van der Waals surface area contributed by atoms with Gasteiger partial charge in [-0.1, -0.05) is 168 Å². The Bertz CT molecular complexity index is 1210. The Morgan fingerprint density at radius 1 is 0.434 bits per heavy atom. The molecule has 6 nitrogen and oxygen atoms in total. The average Bonchev–Trinajstić information content (AvgIpc) is 3.15. The minimum absolute atomic E-state index is 0.0836. The molecule has 0 aliphatic heterocycles. The normalized spacial score (nSPS) is 13.3. The van der Waals surface area contributed by atoms with Gasteiger partial charge in [0.2, 0.25) is 0 Å². The Hall–Kier alpha value is -4.19. The van der Waals surface area contributed by atoms with E-state index < -0.39 is 12.1 Å². The first-order valence-corrected chi connectivity index (χ1v) is 20.1. The SMILES string of the molecule is CC\C=C/C=C\C=C/C=C\C=C\C=C/CCCCCC(=O)OCC(COC(=O)CCC/C=C\CCCCCC)OC(=O)C/C=C\C/C=C\C/C=C\CC. The van der Waals surface area contributed by atoms with Crippen molar-refractivity contribution in [1.82, 2.24) is 0 Å². The molecule has 1 atom stereocenters. The molecule has 0 fully saturated rings. The van der Waals surface area contributed by atoms with Crippen molar-refractivity contribution in [3.63, 3.8) is 0 Å². The largest absolute Gasteiger partial charge is 0.462 e. The van der Waals surface area contributed by atoms with Gasteiger partial charge in [-0.2, -0.15) is 0 Å². The summed E-state index contributed by atoms with van der Waals surface area (Å²) in [4.78, 5) is 37.4. The van der Waals surface area contributed by atoms with Crippen molar-refractivity contribution in [2.45, 2.75) is 142 Å². The Morgan fingerprint density at radius 3 is 1.49 bits per heavy atom. The van der Waals surface area contributed by atoms with E-state index in [9.17, 15) is 14.4 Å². The van der Waals surface area contributed by atoms with E-state index in [2.05, 4.69) is 63.3 Å². The highest BCUT2D eigenvalue weighted by Gasteiger charge is 2.19. The van der Waals surface area contributed by atoms with Crippen LogP contribution in [0.4, 0.5) is 0 Å². The van der Waals surface area contributed by atoms with E-state index in [1.54, 1.807) is 6.08 Å². The molecule has 1 unspecified atom stereocenters. The smallest absolute Gasteiger partial charge is 0.310 e. The zero-order valence-corrected chi connectivity index (χ0v) is 33.2. The predicted octanol–water partition coefficient (Wildman–Crippen LogP) is 12.6. The third kappa shape index (κ3) is 38.9. The monoisotopic (exact) mass is 731 g/mol. The molecule has 0 aliphatic carbocycles. The topological polar surface area (TPSA) is 78.9 Å². The van der Waals surface area contributed by atoms with E-state index >= 15 is 0 Å². The maximum Gasteiger partial charge on any atom is 0.310 e. The van der Waals surface area contributed by atoms with Gasteiger partial charge in [0.25, 0.3) is 0 Å². The van der Waals surface area contributed by atoms with Gasteiger partial charge in [-0.15, -0.1) is 0 Å². The lowest BCUT2D eigenvalue weighted by Gasteiger charge is -2.18. The van der Waals surface area contributed by atoms with Crippen LogP contribution in [0.15, 0.2) is 122 Å². The lowest BCUT2D eigenvalue weighted by molar-refractivity contribution is -0.166. The van der Waals surface area contributed by atoms with Crippen LogP contribution in [0.25, 0.3) is 0 Å². The van der Waals surface area contributed by atoms with Crippen molar-refractivity contribution < 1.29 is 28.6 Å². The number of hydrogen-bond acceptors (Lipinski definition) is 6. The molecule has 6 heteroatoms. The van der Waals surface area contributed by atoms with Crippen LogP contribution in [0.2, 0.25) is 0 Å². The molecule has 0 bridgehead atoms. The fraction of sp³-hybridized carbons (Fsp3) is 0.511. The van der Waals surface area contributed by atoms with Crippen LogP contribution in [0.3, 0.4) is 0 Å². The minimum Gasteiger partial charge on any atom is -0.462 e. The van der Waals surface area contributed by atoms with Gasteiger partial charge in [0, 0.05) is 12.8 Å². The molecule has 0 aromatic carbocycles. The molecule has 0 aliphatic rings. The number of hydrogen-bond donors (Lipinski definition) is 0. The van der Waals surface area contributed by atoms with Crippen molar-refractivity contribution >= 4 is 17.9 Å². The van der Waals surface area contributed by atoms with Crippen molar-refractivity contribution in [3.05, 3.63) is 122 Å². The molecule has 0 rings (SSSR count). The van der Waals surface area contributed by atoms with Crippen LogP contribution >= 0.6 is 0 Å². The second kappa shape index (κ2) is 40.6. The predicted molar refractivity (Wildman–Crippen MR) is 223 cm³/mol. The fourth-order valence-electron chi connectivity index (χ4n) is 4.65. The maximum absolute atomic E-state index is 12.5. The van der Waals surface area contributed by atoms with Crippen LogP contribution in [-0.4, -0.2) is 37.2 Å². The van der Waals surface area contributed by atoms with E-state index in [0.29, 0.717) is 12.8 Å². The first-order valence-electron chi connectivity index (χ1n) is 20.1. The summed E-state index contributed by atoms with van der Waals surface area (Å²) in [6.07, 6.45) is 55.1. The zero-order chi connectivity index (χ0) is 38.7. The lowest BCUT2D eigenvalue weighted by Crippen LogP contribution is -2.30. The Balaban J connectivity index is 4.58. The molecule has 0 amide bonds. The number of allylic oxidation sites excluding steroid dienone is 19. The number of carbonyl (C=O) groups excluding carboxylic acids is 3. The maximum atomic E-state index is 12.5. The van der Waals surface area contributed by atoms with E-state index in [4.69, 9.17) is 14.2 Å². The van der Waals surface area contributed by atoms with E-state index in [1.807, 2.05) is 72.9 Å². The third-order valence-electron chi connectivity index (χ3n) is 7.63. The molecule has 0 saturated heterocycles. The molecule has 0 N–H and O–H groups in total. The lowest BCUT2D eigenvalue weighted by atomic mass is 10.1. The fourth-order valence-corrected chi connectivity index (χ4v) is 4.65. The quantitative estimate of drug-likeness (QED) is 0.0220. The summed E-state index contributed by atoms with van der Waals surface area (Å²) in [5.41, 5.74) is 0. The minimum atomic E-state index is -0.856. The Labute approximate surface area is 322 Å². The summed E-state index contributed by atoms with van der Waals surface area (Å²) < 4.78 is 16.4. The van der Waals surface area contributed by atoms with Gasteiger partial charge in [-0.05, 0) is 70.6 Å². The molecule has 0 heterocycles. The van der Waals surface area contributed by atoms with Crippen molar-refractivity contribution in [1.29, 1.82) is 0 Å². The highest BCUT2D eigenvalue weighted by molar-refractivity contribution is 5.72. The van der Waals surface area contributed by atoms with Gasteiger partial charge in [0.15, 0.2) is 6.10 Å². The highest BCUT2D eigenvalue weighted by atomic mass is 16.6. The molecule has 0 aromatic rings. The number of carbonyl (C=O) groups is 3. The number of unbranched alkanes of at least 4 members (excludes halogenated alkanes) is 8. The summed E-state index contributed by atoms with van der Waals surface area (Å²) in [6, 6.07) is 0. The van der Waals surface area contributed by atoms with Gasteiger partial charge in [-0.25, -0.2) is 0 Å². The molecular weight excluding hydrogens is 661 g/mol. The van der Waals surface area contributed by atoms with Crippen LogP contribution < -0.4 is 0 Å². The highest BCUT2D eigenvalue weighted by Crippen LogP contribution is 2.09.